The SMILES string of the molecule is COc1ccc(S(=O)(=O)C(C)C)cc1Nc1ccc2c(n1)N(C1CCN(CC(F)F)CC1)[C@@H](C)C(=O)N2C. The first kappa shape index (κ1) is 28.0. The molecule has 9 nitrogen and oxygen atoms in total. The molecule has 3 heterocycles. The molecule has 38 heavy (non-hydrogen) atoms. The lowest BCUT2D eigenvalue weighted by Crippen LogP contribution is -2.57. The molecule has 12 heteroatoms. The van der Waals surface area contributed by atoms with E-state index < -0.39 is 27.6 Å². The fourth-order valence-corrected chi connectivity index (χ4v) is 6.18. The molecule has 1 atom stereocenters. The number of pyridine rings is 1. The Morgan fingerprint density at radius 1 is 1.16 bits per heavy atom. The van der Waals surface area contributed by atoms with Crippen LogP contribution < -0.4 is 19.9 Å². The number of hydrogen-bond donors (Lipinski definition) is 1. The Balaban J connectivity index is 1.67. The normalized spacial score (nSPS) is 19.3. The lowest BCUT2D eigenvalue weighted by molar-refractivity contribution is -0.119. The highest BCUT2D eigenvalue weighted by Gasteiger charge is 2.39. The topological polar surface area (TPSA) is 95.1 Å². The number of aromatic nitrogens is 1. The molecule has 208 valence electrons. The van der Waals surface area contributed by atoms with Crippen LogP contribution in [-0.4, -0.2) is 81.8 Å². The van der Waals surface area contributed by atoms with Crippen LogP contribution in [0.1, 0.15) is 33.6 Å². The maximum Gasteiger partial charge on any atom is 0.251 e. The molecule has 4 rings (SSSR count). The van der Waals surface area contributed by atoms with Gasteiger partial charge >= 0.3 is 0 Å². The van der Waals surface area contributed by atoms with Crippen molar-refractivity contribution >= 4 is 38.8 Å². The molecule has 0 aliphatic carbocycles. The molecule has 1 amide bonds. The number of piperidine rings is 1. The Bertz CT molecular complexity index is 1280. The van der Waals surface area contributed by atoms with Gasteiger partial charge in [-0.15, -0.1) is 0 Å². The van der Waals surface area contributed by atoms with Crippen LogP contribution in [0, 0.1) is 0 Å². The van der Waals surface area contributed by atoms with E-state index in [4.69, 9.17) is 9.72 Å². The zero-order valence-electron chi connectivity index (χ0n) is 22.3. The summed E-state index contributed by atoms with van der Waals surface area (Å²) < 4.78 is 56.7. The van der Waals surface area contributed by atoms with Crippen molar-refractivity contribution in [2.75, 3.05) is 48.9 Å². The maximum atomic E-state index is 13.1. The number of halogens is 2. The van der Waals surface area contributed by atoms with Crippen molar-refractivity contribution in [2.24, 2.45) is 0 Å². The smallest absolute Gasteiger partial charge is 0.251 e. The lowest BCUT2D eigenvalue weighted by Gasteiger charge is -2.46. The Morgan fingerprint density at radius 3 is 2.45 bits per heavy atom. The summed E-state index contributed by atoms with van der Waals surface area (Å²) >= 11 is 0. The van der Waals surface area contributed by atoms with E-state index in [0.29, 0.717) is 54.7 Å². The van der Waals surface area contributed by atoms with Crippen LogP contribution in [0.5, 0.6) is 5.75 Å². The van der Waals surface area contributed by atoms with E-state index in [1.54, 1.807) is 48.9 Å². The van der Waals surface area contributed by atoms with Gasteiger partial charge in [-0.1, -0.05) is 0 Å². The standard InChI is InChI=1S/C26H35F2N5O4S/c1-16(2)38(35,36)19-6-8-22(37-5)20(14-19)29-24-9-7-21-25(30-24)33(17(3)26(34)31(21)4)18-10-12-32(13-11-18)15-23(27)28/h6-9,14,16-18,23H,10-13,15H2,1-5H3,(H,29,30)/t17-/m0/s1. The molecule has 2 aromatic rings. The molecule has 1 fully saturated rings. The third-order valence-electron chi connectivity index (χ3n) is 7.30. The second-order valence-corrected chi connectivity index (χ2v) is 12.5. The van der Waals surface area contributed by atoms with Crippen molar-refractivity contribution in [1.29, 1.82) is 0 Å². The fraction of sp³-hybridized carbons (Fsp3) is 0.538. The summed E-state index contributed by atoms with van der Waals surface area (Å²) in [4.78, 5) is 23.4. The first-order valence-electron chi connectivity index (χ1n) is 12.7. The highest BCUT2D eigenvalue weighted by atomic mass is 32.2. The number of amides is 1. The van der Waals surface area contributed by atoms with Gasteiger partial charge in [0.25, 0.3) is 6.43 Å². The largest absolute Gasteiger partial charge is 0.495 e. The van der Waals surface area contributed by atoms with Crippen LogP contribution in [0.15, 0.2) is 35.2 Å². The van der Waals surface area contributed by atoms with Crippen molar-refractivity contribution in [3.05, 3.63) is 30.3 Å². The van der Waals surface area contributed by atoms with E-state index in [1.807, 2.05) is 11.8 Å². The molecule has 0 saturated carbocycles. The third kappa shape index (κ3) is 5.42. The number of methoxy groups -OCH3 is 1. The molecule has 0 radical (unpaired) electrons. The van der Waals surface area contributed by atoms with Gasteiger partial charge in [0.15, 0.2) is 15.7 Å². The Labute approximate surface area is 222 Å². The van der Waals surface area contributed by atoms with Crippen LogP contribution in [0.25, 0.3) is 0 Å². The van der Waals surface area contributed by atoms with Crippen molar-refractivity contribution in [3.63, 3.8) is 0 Å². The Kier molecular flexibility index (Phi) is 8.12. The molecule has 2 aliphatic rings. The monoisotopic (exact) mass is 551 g/mol. The van der Waals surface area contributed by atoms with E-state index in [-0.39, 0.29) is 23.4 Å². The van der Waals surface area contributed by atoms with Gasteiger partial charge < -0.3 is 19.9 Å². The average molecular weight is 552 g/mol. The van der Waals surface area contributed by atoms with Gasteiger partial charge in [-0.3, -0.25) is 9.69 Å². The van der Waals surface area contributed by atoms with Crippen LogP contribution in [0.3, 0.4) is 0 Å². The molecule has 0 bridgehead atoms. The number of ether oxygens (including phenoxy) is 1. The molecule has 1 aromatic carbocycles. The van der Waals surface area contributed by atoms with Crippen LogP contribution in [-0.2, 0) is 14.6 Å². The fourth-order valence-electron chi connectivity index (χ4n) is 5.10. The summed E-state index contributed by atoms with van der Waals surface area (Å²) in [5.74, 6) is 1.46. The van der Waals surface area contributed by atoms with Crippen LogP contribution in [0.2, 0.25) is 0 Å². The van der Waals surface area contributed by atoms with E-state index in [9.17, 15) is 22.0 Å². The number of fused-ring (bicyclic) bond motifs is 1. The summed E-state index contributed by atoms with van der Waals surface area (Å²) in [5, 5.41) is 2.61. The summed E-state index contributed by atoms with van der Waals surface area (Å²) in [6.45, 7) is 5.87. The first-order valence-corrected chi connectivity index (χ1v) is 14.2. The average Bonchev–Trinajstić information content (AvgIpc) is 2.88. The van der Waals surface area contributed by atoms with Gasteiger partial charge in [-0.05, 0) is 63.9 Å². The molecule has 0 unspecified atom stereocenters. The minimum Gasteiger partial charge on any atom is -0.495 e. The second kappa shape index (κ2) is 11.0. The number of benzene rings is 1. The molecule has 1 saturated heterocycles. The van der Waals surface area contributed by atoms with Crippen LogP contribution in [0.4, 0.5) is 31.8 Å². The Hall–Kier alpha value is -2.99. The van der Waals surface area contributed by atoms with E-state index >= 15 is 0 Å². The van der Waals surface area contributed by atoms with E-state index in [1.165, 1.54) is 19.2 Å². The quantitative estimate of drug-likeness (QED) is 0.528. The van der Waals surface area contributed by atoms with Crippen molar-refractivity contribution in [1.82, 2.24) is 9.88 Å². The van der Waals surface area contributed by atoms with Crippen molar-refractivity contribution in [2.45, 2.75) is 62.3 Å². The summed E-state index contributed by atoms with van der Waals surface area (Å²) in [6.07, 6.45) is -1.11. The molecule has 1 N–H and O–H groups in total. The number of nitrogens with one attached hydrogen (secondary N) is 1. The number of alkyl halides is 2. The van der Waals surface area contributed by atoms with Gasteiger partial charge in [0.05, 0.1) is 35.2 Å². The predicted octanol–water partition coefficient (Wildman–Crippen LogP) is 3.92. The van der Waals surface area contributed by atoms with Gasteiger partial charge in [0.1, 0.15) is 17.6 Å². The molecular formula is C26H35F2N5O4S. The Morgan fingerprint density at radius 2 is 1.84 bits per heavy atom. The number of carbonyl (C=O) groups excluding carboxylic acids is 1. The minimum atomic E-state index is -3.51. The van der Waals surface area contributed by atoms with Gasteiger partial charge in [0, 0.05) is 26.2 Å². The first-order chi connectivity index (χ1) is 17.9. The molecule has 2 aliphatic heterocycles. The molecule has 0 spiro atoms. The summed E-state index contributed by atoms with van der Waals surface area (Å²) in [5.41, 5.74) is 1.10. The lowest BCUT2D eigenvalue weighted by atomic mass is 9.99. The number of hydrogen-bond acceptors (Lipinski definition) is 8. The van der Waals surface area contributed by atoms with Crippen molar-refractivity contribution < 1.29 is 26.7 Å². The van der Waals surface area contributed by atoms with Gasteiger partial charge in [-0.2, -0.15) is 0 Å². The number of anilines is 4. The maximum absolute atomic E-state index is 13.1. The summed E-state index contributed by atoms with van der Waals surface area (Å²) in [6, 6.07) is 7.67. The zero-order chi connectivity index (χ0) is 27.8. The van der Waals surface area contributed by atoms with Gasteiger partial charge in [-0.25, -0.2) is 22.2 Å². The predicted molar refractivity (Wildman–Crippen MR) is 144 cm³/mol. The third-order valence-corrected chi connectivity index (χ3v) is 9.45. The highest BCUT2D eigenvalue weighted by molar-refractivity contribution is 7.92. The van der Waals surface area contributed by atoms with E-state index in [2.05, 4.69) is 5.32 Å². The molecular weight excluding hydrogens is 516 g/mol. The summed E-state index contributed by atoms with van der Waals surface area (Å²) in [7, 11) is -0.298. The zero-order valence-corrected chi connectivity index (χ0v) is 23.1. The van der Waals surface area contributed by atoms with Crippen molar-refractivity contribution in [3.8, 4) is 5.75 Å². The number of nitrogens with zero attached hydrogens (tertiary/aromatic N) is 4. The number of likely N-dealkylation sites (tertiary alicyclic amines) is 1. The number of likely N-dealkylation sites (N-methyl/N-ethyl adjacent to an activating group) is 1. The van der Waals surface area contributed by atoms with E-state index in [0.717, 1.165) is 0 Å². The number of rotatable bonds is 8. The second-order valence-electron chi connectivity index (χ2n) is 10.0. The highest BCUT2D eigenvalue weighted by Crippen LogP contribution is 2.39. The molecule has 1 aromatic heterocycles. The van der Waals surface area contributed by atoms with Gasteiger partial charge in [0.2, 0.25) is 5.91 Å². The van der Waals surface area contributed by atoms with Crippen LogP contribution >= 0.6 is 0 Å². The number of sulfone groups is 1. The minimum absolute atomic E-state index is 0.0351. The number of carbonyl (C=O) groups is 1.